The van der Waals surface area contributed by atoms with Crippen LogP contribution < -0.4 is 10.6 Å². The van der Waals surface area contributed by atoms with E-state index in [0.717, 1.165) is 26.1 Å². The third kappa shape index (κ3) is 8.48. The van der Waals surface area contributed by atoms with Crippen LogP contribution in [0.5, 0.6) is 0 Å². The van der Waals surface area contributed by atoms with Crippen molar-refractivity contribution in [1.82, 2.24) is 15.5 Å². The van der Waals surface area contributed by atoms with Crippen molar-refractivity contribution in [3.63, 3.8) is 0 Å². The Balaban J connectivity index is 3.68. The molecule has 0 saturated carbocycles. The number of carbonyl (C=O) groups is 1. The first-order valence-electron chi connectivity index (χ1n) is 7.06. The Morgan fingerprint density at radius 3 is 2.22 bits per heavy atom. The summed E-state index contributed by atoms with van der Waals surface area (Å²) in [5, 5.41) is 6.21. The maximum atomic E-state index is 11.7. The first kappa shape index (κ1) is 17.4. The van der Waals surface area contributed by atoms with Gasteiger partial charge in [0.05, 0.1) is 6.04 Å². The highest BCUT2D eigenvalue weighted by molar-refractivity contribution is 5.81. The third-order valence-corrected chi connectivity index (χ3v) is 3.21. The van der Waals surface area contributed by atoms with Crippen molar-refractivity contribution in [2.75, 3.05) is 26.7 Å². The molecule has 18 heavy (non-hydrogen) atoms. The van der Waals surface area contributed by atoms with Gasteiger partial charge in [-0.1, -0.05) is 13.8 Å². The molecule has 1 unspecified atom stereocenters. The minimum atomic E-state index is -0.113. The SMILES string of the molecule is CC(C)CCNC(=O)C(C)NCCN(C)C(C)C. The number of hydrogen-bond donors (Lipinski definition) is 2. The summed E-state index contributed by atoms with van der Waals surface area (Å²) in [6.45, 7) is 13.2. The largest absolute Gasteiger partial charge is 0.355 e. The van der Waals surface area contributed by atoms with Gasteiger partial charge in [-0.25, -0.2) is 0 Å². The lowest BCUT2D eigenvalue weighted by molar-refractivity contribution is -0.122. The molecule has 0 spiro atoms. The van der Waals surface area contributed by atoms with Gasteiger partial charge in [-0.15, -0.1) is 0 Å². The molecule has 1 atom stereocenters. The minimum Gasteiger partial charge on any atom is -0.355 e. The Morgan fingerprint density at radius 1 is 1.11 bits per heavy atom. The number of hydrogen-bond acceptors (Lipinski definition) is 3. The number of rotatable bonds is 9. The molecule has 108 valence electrons. The van der Waals surface area contributed by atoms with Crippen molar-refractivity contribution in [2.45, 2.75) is 53.1 Å². The lowest BCUT2D eigenvalue weighted by Crippen LogP contribution is -2.45. The van der Waals surface area contributed by atoms with Crippen LogP contribution in [-0.2, 0) is 4.79 Å². The van der Waals surface area contributed by atoms with E-state index in [9.17, 15) is 4.79 Å². The molecule has 2 N–H and O–H groups in total. The molecule has 0 rings (SSSR count). The first-order valence-corrected chi connectivity index (χ1v) is 7.06. The summed E-state index contributed by atoms with van der Waals surface area (Å²) in [6, 6.07) is 0.430. The van der Waals surface area contributed by atoms with Crippen LogP contribution in [0.25, 0.3) is 0 Å². The van der Waals surface area contributed by atoms with Gasteiger partial charge in [-0.3, -0.25) is 4.79 Å². The molecule has 0 aliphatic carbocycles. The van der Waals surface area contributed by atoms with Crippen LogP contribution in [0.4, 0.5) is 0 Å². The van der Waals surface area contributed by atoms with Gasteiger partial charge in [0.15, 0.2) is 0 Å². The Morgan fingerprint density at radius 2 is 1.72 bits per heavy atom. The van der Waals surface area contributed by atoms with Crippen molar-refractivity contribution in [3.05, 3.63) is 0 Å². The molecule has 0 radical (unpaired) electrons. The van der Waals surface area contributed by atoms with E-state index >= 15 is 0 Å². The second kappa shape index (κ2) is 9.34. The van der Waals surface area contributed by atoms with E-state index in [4.69, 9.17) is 0 Å². The van der Waals surface area contributed by atoms with Crippen LogP contribution in [0.2, 0.25) is 0 Å². The monoisotopic (exact) mass is 257 g/mol. The molecule has 0 aromatic rings. The summed E-state index contributed by atoms with van der Waals surface area (Å²) in [5.41, 5.74) is 0. The van der Waals surface area contributed by atoms with Crippen LogP contribution in [0.3, 0.4) is 0 Å². The standard InChI is InChI=1S/C14H31N3O/c1-11(2)7-8-16-14(18)13(5)15-9-10-17(6)12(3)4/h11-13,15H,7-10H2,1-6H3,(H,16,18). The summed E-state index contributed by atoms with van der Waals surface area (Å²) >= 11 is 0. The van der Waals surface area contributed by atoms with Crippen LogP contribution >= 0.6 is 0 Å². The van der Waals surface area contributed by atoms with Gasteiger partial charge in [-0.2, -0.15) is 0 Å². The second-order valence-corrected chi connectivity index (χ2v) is 5.72. The predicted molar refractivity (Wildman–Crippen MR) is 77.7 cm³/mol. The maximum absolute atomic E-state index is 11.7. The Bertz CT molecular complexity index is 229. The fourth-order valence-corrected chi connectivity index (χ4v) is 1.45. The molecule has 0 saturated heterocycles. The Kier molecular flexibility index (Phi) is 9.02. The van der Waals surface area contributed by atoms with Crippen molar-refractivity contribution in [2.24, 2.45) is 5.92 Å². The molecule has 4 nitrogen and oxygen atoms in total. The van der Waals surface area contributed by atoms with E-state index in [-0.39, 0.29) is 11.9 Å². The molecular weight excluding hydrogens is 226 g/mol. The quantitative estimate of drug-likeness (QED) is 0.657. The normalized spacial score (nSPS) is 13.4. The first-order chi connectivity index (χ1) is 8.34. The van der Waals surface area contributed by atoms with E-state index in [2.05, 4.69) is 50.3 Å². The number of carbonyl (C=O) groups excluding carboxylic acids is 1. The smallest absolute Gasteiger partial charge is 0.236 e. The number of nitrogens with zero attached hydrogens (tertiary/aromatic N) is 1. The van der Waals surface area contributed by atoms with Gasteiger partial charge in [0.25, 0.3) is 0 Å². The van der Waals surface area contributed by atoms with E-state index in [1.807, 2.05) is 6.92 Å². The molecule has 0 aromatic heterocycles. The Labute approximate surface area is 113 Å². The summed E-state index contributed by atoms with van der Waals surface area (Å²) in [6.07, 6.45) is 1.04. The van der Waals surface area contributed by atoms with E-state index < -0.39 is 0 Å². The zero-order valence-electron chi connectivity index (χ0n) is 12.9. The zero-order valence-corrected chi connectivity index (χ0v) is 12.9. The van der Waals surface area contributed by atoms with Gasteiger partial charge in [0.2, 0.25) is 5.91 Å². The summed E-state index contributed by atoms with van der Waals surface area (Å²) in [7, 11) is 2.10. The van der Waals surface area contributed by atoms with Crippen LogP contribution in [0.15, 0.2) is 0 Å². The number of likely N-dealkylation sites (N-methyl/N-ethyl adjacent to an activating group) is 1. The molecule has 4 heteroatoms. The van der Waals surface area contributed by atoms with Crippen molar-refractivity contribution in [1.29, 1.82) is 0 Å². The zero-order chi connectivity index (χ0) is 14.1. The summed E-state index contributed by atoms with van der Waals surface area (Å²) in [5.74, 6) is 0.733. The van der Waals surface area contributed by atoms with Gasteiger partial charge in [-0.05, 0) is 40.2 Å². The Hall–Kier alpha value is -0.610. The number of amides is 1. The van der Waals surface area contributed by atoms with Crippen molar-refractivity contribution < 1.29 is 4.79 Å². The molecule has 0 aliphatic rings. The van der Waals surface area contributed by atoms with Crippen LogP contribution in [0, 0.1) is 5.92 Å². The van der Waals surface area contributed by atoms with Crippen LogP contribution in [-0.4, -0.2) is 49.6 Å². The fourth-order valence-electron chi connectivity index (χ4n) is 1.45. The average molecular weight is 257 g/mol. The highest BCUT2D eigenvalue weighted by Gasteiger charge is 2.11. The molecule has 0 bridgehead atoms. The summed E-state index contributed by atoms with van der Waals surface area (Å²) in [4.78, 5) is 14.0. The third-order valence-electron chi connectivity index (χ3n) is 3.21. The van der Waals surface area contributed by atoms with E-state index in [1.165, 1.54) is 0 Å². The van der Waals surface area contributed by atoms with Gasteiger partial charge < -0.3 is 15.5 Å². The van der Waals surface area contributed by atoms with E-state index in [1.54, 1.807) is 0 Å². The lowest BCUT2D eigenvalue weighted by atomic mass is 10.1. The topological polar surface area (TPSA) is 44.4 Å². The lowest BCUT2D eigenvalue weighted by Gasteiger charge is -2.22. The molecule has 0 fully saturated rings. The highest BCUT2D eigenvalue weighted by Crippen LogP contribution is 1.96. The molecule has 1 amide bonds. The highest BCUT2D eigenvalue weighted by atomic mass is 16.2. The molecular formula is C14H31N3O. The van der Waals surface area contributed by atoms with E-state index in [0.29, 0.717) is 12.0 Å². The van der Waals surface area contributed by atoms with Crippen LogP contribution in [0.1, 0.15) is 41.0 Å². The van der Waals surface area contributed by atoms with Gasteiger partial charge >= 0.3 is 0 Å². The van der Waals surface area contributed by atoms with Crippen molar-refractivity contribution >= 4 is 5.91 Å². The minimum absolute atomic E-state index is 0.0999. The van der Waals surface area contributed by atoms with Gasteiger partial charge in [0, 0.05) is 25.7 Å². The fraction of sp³-hybridized carbons (Fsp3) is 0.929. The predicted octanol–water partition coefficient (Wildman–Crippen LogP) is 1.47. The molecule has 0 heterocycles. The average Bonchev–Trinajstić information content (AvgIpc) is 2.27. The van der Waals surface area contributed by atoms with Crippen molar-refractivity contribution in [3.8, 4) is 0 Å². The van der Waals surface area contributed by atoms with Gasteiger partial charge in [0.1, 0.15) is 0 Å². The molecule has 0 aromatic carbocycles. The second-order valence-electron chi connectivity index (χ2n) is 5.72. The number of nitrogens with one attached hydrogen (secondary N) is 2. The summed E-state index contributed by atoms with van der Waals surface area (Å²) < 4.78 is 0. The molecule has 0 aliphatic heterocycles. The maximum Gasteiger partial charge on any atom is 0.236 e.